The van der Waals surface area contributed by atoms with Crippen molar-refractivity contribution in [3.8, 4) is 0 Å². The van der Waals surface area contributed by atoms with Crippen LogP contribution in [0.1, 0.15) is 20.8 Å². The van der Waals surface area contributed by atoms with Crippen LogP contribution in [0.2, 0.25) is 0 Å². The van der Waals surface area contributed by atoms with E-state index in [0.717, 1.165) is 0 Å². The van der Waals surface area contributed by atoms with Gasteiger partial charge in [-0.1, -0.05) is 0 Å². The lowest BCUT2D eigenvalue weighted by Gasteiger charge is -2.26. The van der Waals surface area contributed by atoms with Gasteiger partial charge in [0, 0.05) is 32.4 Å². The predicted molar refractivity (Wildman–Crippen MR) is 79.3 cm³/mol. The molecular formula is C13H23N3O3S. The monoisotopic (exact) mass is 301 g/mol. The second-order valence-electron chi connectivity index (χ2n) is 4.59. The van der Waals surface area contributed by atoms with E-state index in [1.165, 1.54) is 10.5 Å². The van der Waals surface area contributed by atoms with Crippen LogP contribution in [0.4, 0.5) is 5.69 Å². The van der Waals surface area contributed by atoms with Gasteiger partial charge in [-0.25, -0.2) is 13.4 Å². The zero-order valence-corrected chi connectivity index (χ0v) is 13.3. The summed E-state index contributed by atoms with van der Waals surface area (Å²) in [6.45, 7) is 6.87. The van der Waals surface area contributed by atoms with Crippen molar-refractivity contribution in [3.63, 3.8) is 0 Å². The fourth-order valence-electron chi connectivity index (χ4n) is 1.87. The molecule has 0 aromatic carbocycles. The molecule has 1 heterocycles. The van der Waals surface area contributed by atoms with Gasteiger partial charge in [0.1, 0.15) is 0 Å². The first-order chi connectivity index (χ1) is 9.45. The minimum atomic E-state index is -3.65. The van der Waals surface area contributed by atoms with E-state index in [-0.39, 0.29) is 11.1 Å². The molecule has 0 saturated carbocycles. The Morgan fingerprint density at radius 1 is 1.45 bits per heavy atom. The van der Waals surface area contributed by atoms with Gasteiger partial charge in [-0.3, -0.25) is 0 Å². The van der Waals surface area contributed by atoms with Crippen molar-refractivity contribution in [2.45, 2.75) is 31.8 Å². The summed E-state index contributed by atoms with van der Waals surface area (Å²) in [6.07, 6.45) is 1.49. The maximum atomic E-state index is 12.7. The number of ether oxygens (including phenoxy) is 1. The van der Waals surface area contributed by atoms with E-state index in [2.05, 4.69) is 10.3 Å². The van der Waals surface area contributed by atoms with E-state index in [0.29, 0.717) is 25.4 Å². The third-order valence-corrected chi connectivity index (χ3v) is 4.82. The highest BCUT2D eigenvalue weighted by molar-refractivity contribution is 7.89. The molecule has 0 radical (unpaired) electrons. The van der Waals surface area contributed by atoms with Crippen LogP contribution in [-0.4, -0.2) is 50.6 Å². The predicted octanol–water partition coefficient (Wildman–Crippen LogP) is 1.56. The Hall–Kier alpha value is -1.18. The molecular weight excluding hydrogens is 278 g/mol. The summed E-state index contributed by atoms with van der Waals surface area (Å²) >= 11 is 0. The minimum absolute atomic E-state index is 0.0617. The van der Waals surface area contributed by atoms with Crippen LogP contribution in [0, 0.1) is 0 Å². The number of nitrogens with one attached hydrogen (secondary N) is 1. The summed E-state index contributed by atoms with van der Waals surface area (Å²) in [4.78, 5) is 4.05. The van der Waals surface area contributed by atoms with Crippen molar-refractivity contribution in [2.75, 3.05) is 32.1 Å². The lowest BCUT2D eigenvalue weighted by molar-refractivity contribution is 0.170. The third-order valence-electron chi connectivity index (χ3n) is 2.78. The first kappa shape index (κ1) is 16.9. The molecule has 0 atom stereocenters. The summed E-state index contributed by atoms with van der Waals surface area (Å²) in [7, 11) is -2.09. The highest BCUT2D eigenvalue weighted by Crippen LogP contribution is 2.23. The van der Waals surface area contributed by atoms with Crippen molar-refractivity contribution >= 4 is 15.7 Å². The maximum Gasteiger partial charge on any atom is 0.262 e. The van der Waals surface area contributed by atoms with E-state index in [4.69, 9.17) is 4.74 Å². The van der Waals surface area contributed by atoms with Gasteiger partial charge in [0.05, 0.1) is 12.3 Å². The molecule has 1 aromatic rings. The van der Waals surface area contributed by atoms with Gasteiger partial charge in [0.15, 0.2) is 5.03 Å². The molecule has 1 N–H and O–H groups in total. The molecule has 0 saturated heterocycles. The Balaban J connectivity index is 3.19. The fraction of sp³-hybridized carbons (Fsp3) is 0.615. The molecule has 0 spiro atoms. The molecule has 0 fully saturated rings. The molecule has 0 aliphatic carbocycles. The average Bonchev–Trinajstić information content (AvgIpc) is 2.39. The second kappa shape index (κ2) is 7.56. The zero-order chi connectivity index (χ0) is 15.2. The number of rotatable bonds is 8. The number of methoxy groups -OCH3 is 1. The Labute approximate surface area is 121 Å². The van der Waals surface area contributed by atoms with E-state index < -0.39 is 10.0 Å². The molecule has 0 unspecified atom stereocenters. The van der Waals surface area contributed by atoms with Crippen LogP contribution < -0.4 is 5.32 Å². The van der Waals surface area contributed by atoms with Gasteiger partial charge >= 0.3 is 0 Å². The third kappa shape index (κ3) is 3.91. The quantitative estimate of drug-likeness (QED) is 0.789. The Morgan fingerprint density at radius 2 is 2.15 bits per heavy atom. The van der Waals surface area contributed by atoms with Crippen molar-refractivity contribution < 1.29 is 13.2 Å². The Kier molecular flexibility index (Phi) is 6.38. The van der Waals surface area contributed by atoms with Crippen molar-refractivity contribution in [1.29, 1.82) is 0 Å². The van der Waals surface area contributed by atoms with Crippen LogP contribution in [0.25, 0.3) is 0 Å². The summed E-state index contributed by atoms with van der Waals surface area (Å²) in [5.74, 6) is 0. The van der Waals surface area contributed by atoms with Gasteiger partial charge < -0.3 is 10.1 Å². The number of hydrogen-bond donors (Lipinski definition) is 1. The van der Waals surface area contributed by atoms with Gasteiger partial charge in [0.2, 0.25) is 0 Å². The molecule has 1 rings (SSSR count). The number of nitrogens with zero attached hydrogens (tertiary/aromatic N) is 2. The molecule has 6 nitrogen and oxygen atoms in total. The Bertz CT molecular complexity index is 517. The van der Waals surface area contributed by atoms with Gasteiger partial charge in [-0.05, 0) is 32.9 Å². The van der Waals surface area contributed by atoms with E-state index >= 15 is 0 Å². The summed E-state index contributed by atoms with van der Waals surface area (Å²) in [5, 5.41) is 3.09. The molecule has 0 aliphatic heterocycles. The second-order valence-corrected chi connectivity index (χ2v) is 6.39. The van der Waals surface area contributed by atoms with Gasteiger partial charge in [-0.15, -0.1) is 0 Å². The summed E-state index contributed by atoms with van der Waals surface area (Å²) < 4.78 is 31.9. The number of aromatic nitrogens is 1. The first-order valence-electron chi connectivity index (χ1n) is 6.64. The molecule has 0 amide bonds. The minimum Gasteiger partial charge on any atom is -0.383 e. The number of pyridine rings is 1. The van der Waals surface area contributed by atoms with E-state index in [9.17, 15) is 8.42 Å². The lowest BCUT2D eigenvalue weighted by atomic mass is 10.4. The van der Waals surface area contributed by atoms with Gasteiger partial charge in [0.25, 0.3) is 10.0 Å². The molecule has 1 aromatic heterocycles. The van der Waals surface area contributed by atoms with Crippen molar-refractivity contribution in [3.05, 3.63) is 18.3 Å². The summed E-state index contributed by atoms with van der Waals surface area (Å²) in [5.41, 5.74) is 0.526. The SMILES string of the molecule is CCNc1cccnc1S(=O)(=O)N(CCOC)C(C)C. The summed E-state index contributed by atoms with van der Waals surface area (Å²) in [6, 6.07) is 3.27. The highest BCUT2D eigenvalue weighted by atomic mass is 32.2. The van der Waals surface area contributed by atoms with E-state index in [1.807, 2.05) is 20.8 Å². The number of anilines is 1. The largest absolute Gasteiger partial charge is 0.383 e. The molecule has 0 aliphatic rings. The first-order valence-corrected chi connectivity index (χ1v) is 8.08. The zero-order valence-electron chi connectivity index (χ0n) is 12.5. The maximum absolute atomic E-state index is 12.7. The fourth-order valence-corrected chi connectivity index (χ4v) is 3.57. The average molecular weight is 301 g/mol. The van der Waals surface area contributed by atoms with Crippen LogP contribution in [0.3, 0.4) is 0 Å². The highest BCUT2D eigenvalue weighted by Gasteiger charge is 2.30. The van der Waals surface area contributed by atoms with Crippen LogP contribution in [0.5, 0.6) is 0 Å². The number of hydrogen-bond acceptors (Lipinski definition) is 5. The van der Waals surface area contributed by atoms with Crippen LogP contribution in [0.15, 0.2) is 23.4 Å². The topological polar surface area (TPSA) is 71.5 Å². The number of sulfonamides is 1. The van der Waals surface area contributed by atoms with Crippen molar-refractivity contribution in [2.24, 2.45) is 0 Å². The smallest absolute Gasteiger partial charge is 0.262 e. The van der Waals surface area contributed by atoms with Crippen LogP contribution in [-0.2, 0) is 14.8 Å². The van der Waals surface area contributed by atoms with Gasteiger partial charge in [-0.2, -0.15) is 4.31 Å². The molecule has 0 bridgehead atoms. The Morgan fingerprint density at radius 3 is 2.70 bits per heavy atom. The standard InChI is InChI=1S/C13H23N3O3S/c1-5-14-12-7-6-8-15-13(12)20(17,18)16(11(2)3)9-10-19-4/h6-8,11,14H,5,9-10H2,1-4H3. The lowest BCUT2D eigenvalue weighted by Crippen LogP contribution is -2.39. The molecule has 114 valence electrons. The van der Waals surface area contributed by atoms with E-state index in [1.54, 1.807) is 19.2 Å². The van der Waals surface area contributed by atoms with Crippen molar-refractivity contribution in [1.82, 2.24) is 9.29 Å². The molecule has 7 heteroatoms. The van der Waals surface area contributed by atoms with Crippen LogP contribution >= 0.6 is 0 Å². The normalized spacial score (nSPS) is 12.1. The molecule has 20 heavy (non-hydrogen) atoms.